The van der Waals surface area contributed by atoms with Gasteiger partial charge in [0, 0.05) is 0 Å². The predicted molar refractivity (Wildman–Crippen MR) is 76.4 cm³/mol. The molecule has 1 atom stereocenters. The number of cyclic esters (lactones) is 1. The number of hydrogen-bond donors (Lipinski definition) is 1. The number of amides is 1. The first-order valence-corrected chi connectivity index (χ1v) is 7.42. The van der Waals surface area contributed by atoms with Crippen LogP contribution in [0.1, 0.15) is 60.3 Å². The van der Waals surface area contributed by atoms with Crippen LogP contribution in [0, 0.1) is 5.41 Å². The summed E-state index contributed by atoms with van der Waals surface area (Å²) in [5.74, 6) is -0.192. The summed E-state index contributed by atoms with van der Waals surface area (Å²) >= 11 is 0. The molecule has 0 aromatic rings. The molecule has 1 rings (SSSR count). The lowest BCUT2D eigenvalue weighted by molar-refractivity contribution is -0.147. The normalized spacial score (nSPS) is 21.4. The molecule has 0 spiro atoms. The fourth-order valence-electron chi connectivity index (χ4n) is 2.80. The summed E-state index contributed by atoms with van der Waals surface area (Å²) in [5, 5.41) is 2.82. The van der Waals surface area contributed by atoms with Gasteiger partial charge in [-0.05, 0) is 33.6 Å². The number of carbonyl (C=O) groups excluding carboxylic acids is 2. The van der Waals surface area contributed by atoms with Crippen LogP contribution in [-0.2, 0) is 14.3 Å². The van der Waals surface area contributed by atoms with Gasteiger partial charge in [-0.2, -0.15) is 0 Å². The van der Waals surface area contributed by atoms with Crippen LogP contribution < -0.4 is 5.32 Å². The molecule has 20 heavy (non-hydrogen) atoms. The molecule has 1 fully saturated rings. The first-order chi connectivity index (χ1) is 9.25. The van der Waals surface area contributed by atoms with Gasteiger partial charge in [-0.3, -0.25) is 4.79 Å². The third kappa shape index (κ3) is 3.87. The highest BCUT2D eigenvalue weighted by molar-refractivity contribution is 5.81. The van der Waals surface area contributed by atoms with Gasteiger partial charge in [-0.25, -0.2) is 4.79 Å². The first-order valence-electron chi connectivity index (χ1n) is 7.42. The molecule has 5 nitrogen and oxygen atoms in total. The molecule has 5 heteroatoms. The SMILES string of the molecule is CCCC1(CCC)C(=O)OC[C@H]1NC(=O)OC(C)(C)C. The van der Waals surface area contributed by atoms with Gasteiger partial charge < -0.3 is 14.8 Å². The van der Waals surface area contributed by atoms with Gasteiger partial charge in [-0.1, -0.05) is 26.7 Å². The fourth-order valence-corrected chi connectivity index (χ4v) is 2.80. The van der Waals surface area contributed by atoms with Gasteiger partial charge in [-0.15, -0.1) is 0 Å². The summed E-state index contributed by atoms with van der Waals surface area (Å²) in [6.45, 7) is 9.75. The molecule has 0 aromatic heterocycles. The van der Waals surface area contributed by atoms with Crippen molar-refractivity contribution in [2.45, 2.75) is 71.9 Å². The minimum absolute atomic E-state index is 0.192. The summed E-state index contributed by atoms with van der Waals surface area (Å²) < 4.78 is 10.5. The van der Waals surface area contributed by atoms with Gasteiger partial charge in [0.05, 0.1) is 11.5 Å². The van der Waals surface area contributed by atoms with Crippen molar-refractivity contribution in [1.82, 2.24) is 5.32 Å². The molecule has 0 aromatic carbocycles. The standard InChI is InChI=1S/C15H27NO4/c1-6-8-15(9-7-2)11(10-19-12(15)17)16-13(18)20-14(3,4)5/h11H,6-10H2,1-5H3,(H,16,18)/t11-/m1/s1. The number of alkyl carbamates (subject to hydrolysis) is 1. The zero-order chi connectivity index (χ0) is 15.4. The highest BCUT2D eigenvalue weighted by Crippen LogP contribution is 2.39. The lowest BCUT2D eigenvalue weighted by Gasteiger charge is -2.31. The Labute approximate surface area is 121 Å². The second kappa shape index (κ2) is 6.46. The van der Waals surface area contributed by atoms with E-state index in [1.807, 2.05) is 34.6 Å². The average Bonchev–Trinajstić information content (AvgIpc) is 2.57. The van der Waals surface area contributed by atoms with E-state index in [4.69, 9.17) is 9.47 Å². The van der Waals surface area contributed by atoms with Crippen LogP contribution in [-0.4, -0.2) is 30.3 Å². The van der Waals surface area contributed by atoms with Gasteiger partial charge in [0.15, 0.2) is 0 Å². The molecule has 1 heterocycles. The highest BCUT2D eigenvalue weighted by atomic mass is 16.6. The zero-order valence-corrected chi connectivity index (χ0v) is 13.2. The van der Waals surface area contributed by atoms with Gasteiger partial charge in [0.2, 0.25) is 0 Å². The zero-order valence-electron chi connectivity index (χ0n) is 13.2. The molecule has 1 aliphatic heterocycles. The Bertz CT molecular complexity index is 353. The van der Waals surface area contributed by atoms with E-state index < -0.39 is 17.1 Å². The smallest absolute Gasteiger partial charge is 0.408 e. The van der Waals surface area contributed by atoms with Crippen molar-refractivity contribution in [2.75, 3.05) is 6.61 Å². The van der Waals surface area contributed by atoms with Crippen LogP contribution >= 0.6 is 0 Å². The van der Waals surface area contributed by atoms with Crippen molar-refractivity contribution >= 4 is 12.1 Å². The predicted octanol–water partition coefficient (Wildman–Crippen LogP) is 3.02. The Morgan fingerprint density at radius 1 is 1.35 bits per heavy atom. The van der Waals surface area contributed by atoms with E-state index in [2.05, 4.69) is 5.32 Å². The Balaban J connectivity index is 2.81. The number of rotatable bonds is 5. The van der Waals surface area contributed by atoms with Crippen molar-refractivity contribution < 1.29 is 19.1 Å². The molecule has 1 amide bonds. The number of hydrogen-bond acceptors (Lipinski definition) is 4. The van der Waals surface area contributed by atoms with Gasteiger partial charge >= 0.3 is 12.1 Å². The Kier molecular flexibility index (Phi) is 5.42. The summed E-state index contributed by atoms with van der Waals surface area (Å²) in [6.07, 6.45) is 2.71. The Morgan fingerprint density at radius 3 is 2.35 bits per heavy atom. The largest absolute Gasteiger partial charge is 0.463 e. The molecular formula is C15H27NO4. The highest BCUT2D eigenvalue weighted by Gasteiger charge is 2.51. The van der Waals surface area contributed by atoms with Crippen LogP contribution in [0.5, 0.6) is 0 Å². The van der Waals surface area contributed by atoms with Crippen molar-refractivity contribution in [2.24, 2.45) is 5.41 Å². The number of carbonyl (C=O) groups is 2. The minimum atomic E-state index is -0.597. The molecule has 1 saturated heterocycles. The summed E-state index contributed by atoms with van der Waals surface area (Å²) in [6, 6.07) is -0.301. The molecule has 0 radical (unpaired) electrons. The van der Waals surface area contributed by atoms with E-state index in [9.17, 15) is 9.59 Å². The van der Waals surface area contributed by atoms with Gasteiger partial charge in [0.1, 0.15) is 12.2 Å². The molecule has 0 unspecified atom stereocenters. The first kappa shape index (κ1) is 16.8. The van der Waals surface area contributed by atoms with E-state index in [0.717, 1.165) is 25.7 Å². The average molecular weight is 285 g/mol. The maximum Gasteiger partial charge on any atom is 0.408 e. The number of nitrogens with one attached hydrogen (secondary N) is 1. The Morgan fingerprint density at radius 2 is 1.90 bits per heavy atom. The Hall–Kier alpha value is -1.26. The van der Waals surface area contributed by atoms with Crippen molar-refractivity contribution in [3.63, 3.8) is 0 Å². The maximum atomic E-state index is 12.1. The molecular weight excluding hydrogens is 258 g/mol. The van der Waals surface area contributed by atoms with Crippen LogP contribution in [0.3, 0.4) is 0 Å². The number of ether oxygens (including phenoxy) is 2. The van der Waals surface area contributed by atoms with E-state index >= 15 is 0 Å². The van der Waals surface area contributed by atoms with E-state index in [-0.39, 0.29) is 18.6 Å². The third-order valence-corrected chi connectivity index (χ3v) is 3.54. The lowest BCUT2D eigenvalue weighted by atomic mass is 9.75. The van der Waals surface area contributed by atoms with Crippen LogP contribution in [0.4, 0.5) is 4.79 Å². The minimum Gasteiger partial charge on any atom is -0.463 e. The molecule has 0 aliphatic carbocycles. The van der Waals surface area contributed by atoms with Gasteiger partial charge in [0.25, 0.3) is 0 Å². The maximum absolute atomic E-state index is 12.1. The lowest BCUT2D eigenvalue weighted by Crippen LogP contribution is -2.49. The van der Waals surface area contributed by atoms with Crippen molar-refractivity contribution in [1.29, 1.82) is 0 Å². The fraction of sp³-hybridized carbons (Fsp3) is 0.867. The molecule has 1 aliphatic rings. The number of esters is 1. The molecule has 0 saturated carbocycles. The third-order valence-electron chi connectivity index (χ3n) is 3.54. The quantitative estimate of drug-likeness (QED) is 0.789. The van der Waals surface area contributed by atoms with E-state index in [1.54, 1.807) is 0 Å². The van der Waals surface area contributed by atoms with Crippen molar-refractivity contribution in [3.8, 4) is 0 Å². The molecule has 1 N–H and O–H groups in total. The second-order valence-corrected chi connectivity index (χ2v) is 6.45. The topological polar surface area (TPSA) is 64.6 Å². The monoisotopic (exact) mass is 285 g/mol. The summed E-state index contributed by atoms with van der Waals surface area (Å²) in [4.78, 5) is 24.1. The second-order valence-electron chi connectivity index (χ2n) is 6.45. The van der Waals surface area contributed by atoms with Crippen LogP contribution in [0.2, 0.25) is 0 Å². The van der Waals surface area contributed by atoms with Crippen molar-refractivity contribution in [3.05, 3.63) is 0 Å². The molecule has 116 valence electrons. The summed E-state index contributed by atoms with van der Waals surface area (Å²) in [7, 11) is 0. The van der Waals surface area contributed by atoms with E-state index in [0.29, 0.717) is 0 Å². The van der Waals surface area contributed by atoms with Crippen LogP contribution in [0.25, 0.3) is 0 Å². The van der Waals surface area contributed by atoms with E-state index in [1.165, 1.54) is 0 Å². The van der Waals surface area contributed by atoms with Crippen LogP contribution in [0.15, 0.2) is 0 Å². The summed E-state index contributed by atoms with van der Waals surface area (Å²) in [5.41, 5.74) is -1.15. The molecule has 0 bridgehead atoms.